The summed E-state index contributed by atoms with van der Waals surface area (Å²) in [5, 5.41) is 9.71. The van der Waals surface area contributed by atoms with Gasteiger partial charge in [-0.25, -0.2) is 0 Å². The lowest BCUT2D eigenvalue weighted by molar-refractivity contribution is -0.0987. The minimum Gasteiger partial charge on any atom is -0.394 e. The Labute approximate surface area is 534 Å². The molecule has 2 aromatic carbocycles. The first-order chi connectivity index (χ1) is 37.9. The highest BCUT2D eigenvalue weighted by atomic mass is 35.5. The number of hydrogen-bond donors (Lipinski definition) is 11. The number of aryl methyl sites for hydroxylation is 2. The lowest BCUT2D eigenvalue weighted by Crippen LogP contribution is -1.85. The standard InChI is InChI=1S/2C8H9Cl.3C5H12.C4H10.C3H8O.3C2H6.6CH5N.10CH2O.CH4.4H3N/c2*1-2-7-4-3-5-8(9)6-7;3*1-4-5(2)3;1-4(2)3;1-3(2)4;19*1-2;;;;;/h2*3-6H,2H2,1H3;3*5H,4H2,1-3H3;4H,1-3H3;3-4H,1-2H3;3*1-2H3;6*2H2,1H3;10*1H2;1H4;4*1H3. The Morgan fingerprint density at radius 1 is 0.345 bits per heavy atom. The summed E-state index contributed by atoms with van der Waals surface area (Å²) in [7, 11) is 9.00. The predicted octanol–water partition coefficient (Wildman–Crippen LogP) is 14.0. The number of carbonyl (C=O) groups is 10. The van der Waals surface area contributed by atoms with Crippen molar-refractivity contribution >= 4 is 91.1 Å². The molecule has 0 saturated heterocycles. The summed E-state index contributed by atoms with van der Waals surface area (Å²) >= 11 is 11.4. The van der Waals surface area contributed by atoms with Crippen molar-refractivity contribution in [3.63, 3.8) is 0 Å². The lowest BCUT2D eigenvalue weighted by Gasteiger charge is -1.93. The van der Waals surface area contributed by atoms with Crippen molar-refractivity contribution < 1.29 is 53.1 Å². The molecular weight excluding hydrogens is 1120 g/mol. The van der Waals surface area contributed by atoms with Gasteiger partial charge in [0.1, 0.15) is 67.9 Å². The summed E-state index contributed by atoms with van der Waals surface area (Å²) in [6.45, 7) is 66.1. The van der Waals surface area contributed by atoms with E-state index in [-0.39, 0.29) is 38.1 Å². The number of benzene rings is 2. The van der Waals surface area contributed by atoms with Gasteiger partial charge in [-0.1, -0.05) is 213 Å². The van der Waals surface area contributed by atoms with Gasteiger partial charge in [-0.05, 0) is 128 Å². The molecule has 2 rings (SSSR count). The molecule has 84 heavy (non-hydrogen) atoms. The van der Waals surface area contributed by atoms with Crippen molar-refractivity contribution in [1.29, 1.82) is 0 Å². The highest BCUT2D eigenvalue weighted by molar-refractivity contribution is 6.30. The number of nitrogens with two attached hydrogens (primary N) is 6. The van der Waals surface area contributed by atoms with Crippen molar-refractivity contribution in [3.8, 4) is 0 Å². The van der Waals surface area contributed by atoms with E-state index < -0.39 is 0 Å². The van der Waals surface area contributed by atoms with E-state index in [9.17, 15) is 0 Å². The molecule has 0 aliphatic heterocycles. The van der Waals surface area contributed by atoms with Crippen LogP contribution in [0, 0.1) is 23.7 Å². The molecule has 0 heterocycles. The molecule has 0 aliphatic rings. The quantitative estimate of drug-likeness (QED) is 0.132. The Bertz CT molecular complexity index is 862. The number of aliphatic hydroxyl groups is 1. The monoisotopic (exact) mass is 1280 g/mol. The highest BCUT2D eigenvalue weighted by Gasteiger charge is 1.88. The van der Waals surface area contributed by atoms with Gasteiger partial charge >= 0.3 is 0 Å². The average Bonchev–Trinajstić information content (AvgIpc) is 3.54. The van der Waals surface area contributed by atoms with Crippen LogP contribution >= 0.6 is 23.2 Å². The number of aliphatic hydroxyl groups excluding tert-OH is 1. The number of carbonyl (C=O) groups excluding carboxylic acids is 10. The van der Waals surface area contributed by atoms with Crippen molar-refractivity contribution in [2.24, 2.45) is 58.1 Å². The number of rotatable bonds is 5. The zero-order valence-electron chi connectivity index (χ0n) is 59.7. The molecule has 0 fully saturated rings. The fraction of sp³-hybridized carbons (Fsp3) is 0.639. The van der Waals surface area contributed by atoms with Gasteiger partial charge in [-0.15, -0.1) is 0 Å². The largest absolute Gasteiger partial charge is 0.394 e. The van der Waals surface area contributed by atoms with Crippen molar-refractivity contribution in [3.05, 3.63) is 69.7 Å². The van der Waals surface area contributed by atoms with Gasteiger partial charge < -0.3 is 112 Å². The fourth-order valence-corrected chi connectivity index (χ4v) is 1.94. The molecule has 0 radical (unpaired) electrons. The van der Waals surface area contributed by atoms with Gasteiger partial charge in [-0.2, -0.15) is 0 Å². The molecule has 530 valence electrons. The second-order valence-corrected chi connectivity index (χ2v) is 13.1. The molecular formula is C61H156Cl2N10O11. The summed E-state index contributed by atoms with van der Waals surface area (Å²) in [5.74, 6) is 3.49. The Morgan fingerprint density at radius 3 is 0.488 bits per heavy atom. The molecule has 0 saturated carbocycles. The maximum Gasteiger partial charge on any atom is 0.106 e. The van der Waals surface area contributed by atoms with Gasteiger partial charge in [0, 0.05) is 16.1 Å². The van der Waals surface area contributed by atoms with Gasteiger partial charge in [0.25, 0.3) is 0 Å². The van der Waals surface area contributed by atoms with E-state index in [0.29, 0.717) is 0 Å². The van der Waals surface area contributed by atoms with E-state index in [2.05, 4.69) is 143 Å². The Kier molecular flexibility index (Phi) is 859. The van der Waals surface area contributed by atoms with E-state index in [1.54, 1.807) is 13.8 Å². The van der Waals surface area contributed by atoms with Crippen molar-refractivity contribution in [1.82, 2.24) is 24.6 Å². The third-order valence-electron chi connectivity index (χ3n) is 5.04. The SMILES string of the molecule is C.C=O.C=O.C=O.C=O.C=O.C=O.C=O.C=O.C=O.C=O.CC.CC.CC.CC(C)C.CC(C)O.CCC(C)C.CCC(C)C.CCC(C)C.CCc1cccc(Cl)c1.CCc1cccc(Cl)c1.CN.CN.CN.CN.CN.CN.N.N.N.N. The van der Waals surface area contributed by atoms with E-state index in [4.69, 9.17) is 76.3 Å². The molecule has 0 bridgehead atoms. The first-order valence-electron chi connectivity index (χ1n) is 25.4. The van der Waals surface area contributed by atoms with Gasteiger partial charge in [0.05, 0.1) is 0 Å². The topological polar surface area (TPSA) is 487 Å². The first kappa shape index (κ1) is 192. The van der Waals surface area contributed by atoms with Gasteiger partial charge in [-0.3, -0.25) is 0 Å². The van der Waals surface area contributed by atoms with Crippen molar-refractivity contribution in [2.45, 2.75) is 198 Å². The predicted molar refractivity (Wildman–Crippen MR) is 388 cm³/mol. The summed E-state index contributed by atoms with van der Waals surface area (Å²) in [6, 6.07) is 15.9. The summed E-state index contributed by atoms with van der Waals surface area (Å²) < 4.78 is 0. The maximum absolute atomic E-state index is 8.06. The van der Waals surface area contributed by atoms with Crippen LogP contribution in [-0.2, 0) is 60.8 Å². The van der Waals surface area contributed by atoms with Crippen molar-refractivity contribution in [2.75, 3.05) is 42.3 Å². The minimum absolute atomic E-state index is 0. The Balaban J connectivity index is -0.0000000142. The molecule has 21 nitrogen and oxygen atoms in total. The van der Waals surface area contributed by atoms with Crippen LogP contribution in [0.3, 0.4) is 0 Å². The first-order valence-corrected chi connectivity index (χ1v) is 26.2. The third kappa shape index (κ3) is 704. The van der Waals surface area contributed by atoms with E-state index in [0.717, 1.165) is 46.6 Å². The zero-order chi connectivity index (χ0) is 71.4. The third-order valence-corrected chi connectivity index (χ3v) is 5.51. The van der Waals surface area contributed by atoms with Crippen LogP contribution < -0.4 is 59.0 Å². The zero-order valence-corrected chi connectivity index (χ0v) is 61.2. The Hall–Kier alpha value is -4.72. The minimum atomic E-state index is -0.167. The maximum atomic E-state index is 8.06. The molecule has 0 spiro atoms. The van der Waals surface area contributed by atoms with Crippen LogP contribution in [0.4, 0.5) is 0 Å². The number of halogens is 2. The van der Waals surface area contributed by atoms with Crippen LogP contribution in [0.2, 0.25) is 10.0 Å². The van der Waals surface area contributed by atoms with Crippen LogP contribution in [0.5, 0.6) is 0 Å². The van der Waals surface area contributed by atoms with Crippen LogP contribution in [0.15, 0.2) is 48.5 Å². The molecule has 0 unspecified atom stereocenters. The molecule has 23 heteroatoms. The van der Waals surface area contributed by atoms with Gasteiger partial charge in [0.15, 0.2) is 0 Å². The molecule has 2 aromatic rings. The number of hydrogen-bond acceptors (Lipinski definition) is 21. The smallest absolute Gasteiger partial charge is 0.106 e. The summed E-state index contributed by atoms with van der Waals surface area (Å²) in [5.41, 5.74) is 29.6. The van der Waals surface area contributed by atoms with Crippen LogP contribution in [0.1, 0.15) is 190 Å². The Morgan fingerprint density at radius 2 is 0.440 bits per heavy atom. The van der Waals surface area contributed by atoms with E-state index in [1.807, 2.05) is 146 Å². The molecule has 0 atom stereocenters. The second kappa shape index (κ2) is 376. The lowest BCUT2D eigenvalue weighted by atomic mass is 10.2. The van der Waals surface area contributed by atoms with Crippen LogP contribution in [0.25, 0.3) is 0 Å². The fourth-order valence-electron chi connectivity index (χ4n) is 1.51. The average molecular weight is 1280 g/mol. The van der Waals surface area contributed by atoms with Gasteiger partial charge in [0.2, 0.25) is 0 Å². The molecule has 25 N–H and O–H groups in total. The summed E-state index contributed by atoms with van der Waals surface area (Å²) in [6.07, 6.45) is 5.86. The van der Waals surface area contributed by atoms with E-state index in [1.165, 1.54) is 72.7 Å². The molecule has 0 amide bonds. The van der Waals surface area contributed by atoms with Crippen LogP contribution in [-0.4, -0.2) is 121 Å². The summed E-state index contributed by atoms with van der Waals surface area (Å²) in [4.78, 5) is 80.0. The second-order valence-electron chi connectivity index (χ2n) is 12.2. The molecule has 0 aromatic heterocycles. The highest BCUT2D eigenvalue weighted by Crippen LogP contribution is 2.11. The normalized spacial score (nSPS) is 5.74. The van der Waals surface area contributed by atoms with E-state index >= 15 is 0 Å². The molecule has 0 aliphatic carbocycles.